The van der Waals surface area contributed by atoms with E-state index in [4.69, 9.17) is 8.94 Å². The Balaban J connectivity index is 1.27. The van der Waals surface area contributed by atoms with Crippen molar-refractivity contribution in [2.45, 2.75) is 25.7 Å². The van der Waals surface area contributed by atoms with Crippen molar-refractivity contribution in [1.82, 2.24) is 25.0 Å². The molecule has 8 nitrogen and oxygen atoms in total. The number of carbonyl (C=O) groups is 1. The Hall–Kier alpha value is -3.55. The third-order valence-electron chi connectivity index (χ3n) is 5.25. The molecule has 1 unspecified atom stereocenters. The van der Waals surface area contributed by atoms with Crippen LogP contribution in [-0.4, -0.2) is 44.0 Å². The van der Waals surface area contributed by atoms with E-state index in [1.54, 1.807) is 24.7 Å². The molecule has 3 aromatic heterocycles. The van der Waals surface area contributed by atoms with Gasteiger partial charge in [0.15, 0.2) is 0 Å². The first kappa shape index (κ1) is 17.5. The quantitative estimate of drug-likeness (QED) is 0.529. The van der Waals surface area contributed by atoms with Gasteiger partial charge in [-0.2, -0.15) is 4.98 Å². The maximum atomic E-state index is 12.8. The molecule has 0 spiro atoms. The van der Waals surface area contributed by atoms with E-state index >= 15 is 0 Å². The standard InChI is InChI=1S/C21H19N5O3/c1-13-3-4-16-15(12-28-17(16)9-13)10-18(27)26-8-5-14(11-26)21-24-20(25-29-21)19-22-6-2-7-23-19/h2-4,6-7,9,12,14H,5,8,10-11H2,1H3. The zero-order chi connectivity index (χ0) is 19.8. The normalized spacial score (nSPS) is 16.6. The summed E-state index contributed by atoms with van der Waals surface area (Å²) in [5.41, 5.74) is 2.86. The van der Waals surface area contributed by atoms with Crippen LogP contribution in [0.2, 0.25) is 0 Å². The first-order chi connectivity index (χ1) is 14.2. The van der Waals surface area contributed by atoms with Crippen LogP contribution in [0.5, 0.6) is 0 Å². The average molecular weight is 389 g/mol. The molecule has 0 radical (unpaired) electrons. The molecule has 29 heavy (non-hydrogen) atoms. The fraction of sp³-hybridized carbons (Fsp3) is 0.286. The number of amides is 1. The molecule has 0 aliphatic carbocycles. The number of aryl methyl sites for hydroxylation is 1. The molecule has 1 saturated heterocycles. The molecule has 0 N–H and O–H groups in total. The summed E-state index contributed by atoms with van der Waals surface area (Å²) in [7, 11) is 0. The molecule has 1 aromatic carbocycles. The van der Waals surface area contributed by atoms with Crippen LogP contribution in [0, 0.1) is 6.92 Å². The first-order valence-corrected chi connectivity index (χ1v) is 9.53. The predicted molar refractivity (Wildman–Crippen MR) is 104 cm³/mol. The highest BCUT2D eigenvalue weighted by molar-refractivity contribution is 5.88. The molecule has 1 aliphatic rings. The van der Waals surface area contributed by atoms with Crippen LogP contribution in [0.3, 0.4) is 0 Å². The zero-order valence-electron chi connectivity index (χ0n) is 15.9. The molecule has 4 heterocycles. The van der Waals surface area contributed by atoms with E-state index in [-0.39, 0.29) is 11.8 Å². The van der Waals surface area contributed by atoms with Crippen molar-refractivity contribution in [3.8, 4) is 11.6 Å². The predicted octanol–water partition coefficient (Wildman–Crippen LogP) is 3.14. The van der Waals surface area contributed by atoms with Gasteiger partial charge in [0.05, 0.1) is 18.6 Å². The maximum absolute atomic E-state index is 12.8. The van der Waals surface area contributed by atoms with Gasteiger partial charge in [-0.1, -0.05) is 17.3 Å². The van der Waals surface area contributed by atoms with Crippen LogP contribution in [0.4, 0.5) is 0 Å². The summed E-state index contributed by atoms with van der Waals surface area (Å²) >= 11 is 0. The van der Waals surface area contributed by atoms with Crippen molar-refractivity contribution >= 4 is 16.9 Å². The van der Waals surface area contributed by atoms with E-state index in [1.165, 1.54) is 0 Å². The molecule has 1 fully saturated rings. The van der Waals surface area contributed by atoms with Crippen molar-refractivity contribution in [2.75, 3.05) is 13.1 Å². The van der Waals surface area contributed by atoms with Gasteiger partial charge in [0.25, 0.3) is 0 Å². The largest absolute Gasteiger partial charge is 0.464 e. The third-order valence-corrected chi connectivity index (χ3v) is 5.25. The van der Waals surface area contributed by atoms with Crippen LogP contribution in [-0.2, 0) is 11.2 Å². The number of aromatic nitrogens is 4. The van der Waals surface area contributed by atoms with Crippen molar-refractivity contribution < 1.29 is 13.7 Å². The van der Waals surface area contributed by atoms with Gasteiger partial charge in [-0.3, -0.25) is 4.79 Å². The number of hydrogen-bond donors (Lipinski definition) is 0. The van der Waals surface area contributed by atoms with E-state index in [2.05, 4.69) is 20.1 Å². The second-order valence-corrected chi connectivity index (χ2v) is 7.29. The Morgan fingerprint density at radius 3 is 2.97 bits per heavy atom. The lowest BCUT2D eigenvalue weighted by atomic mass is 10.1. The highest BCUT2D eigenvalue weighted by atomic mass is 16.5. The molecule has 146 valence electrons. The Bertz CT molecular complexity index is 1170. The van der Waals surface area contributed by atoms with Gasteiger partial charge in [0.1, 0.15) is 5.58 Å². The summed E-state index contributed by atoms with van der Waals surface area (Å²) in [6, 6.07) is 7.75. The Labute approximate surface area is 166 Å². The molecule has 5 rings (SSSR count). The number of likely N-dealkylation sites (tertiary alicyclic amines) is 1. The summed E-state index contributed by atoms with van der Waals surface area (Å²) in [6.07, 6.45) is 6.05. The second kappa shape index (κ2) is 7.12. The van der Waals surface area contributed by atoms with Crippen LogP contribution in [0.1, 0.15) is 29.4 Å². The number of carbonyl (C=O) groups excluding carboxylic acids is 1. The fourth-order valence-electron chi connectivity index (χ4n) is 3.70. The molecule has 1 aliphatic heterocycles. The molecule has 8 heteroatoms. The van der Waals surface area contributed by atoms with Gasteiger partial charge >= 0.3 is 0 Å². The molecule has 0 saturated carbocycles. The lowest BCUT2D eigenvalue weighted by Gasteiger charge is -2.15. The number of nitrogens with zero attached hydrogens (tertiary/aromatic N) is 5. The number of rotatable bonds is 4. The first-order valence-electron chi connectivity index (χ1n) is 9.53. The minimum Gasteiger partial charge on any atom is -0.464 e. The number of fused-ring (bicyclic) bond motifs is 1. The smallest absolute Gasteiger partial charge is 0.240 e. The lowest BCUT2D eigenvalue weighted by Crippen LogP contribution is -2.29. The highest BCUT2D eigenvalue weighted by Crippen LogP contribution is 2.29. The van der Waals surface area contributed by atoms with Gasteiger partial charge in [-0.25, -0.2) is 9.97 Å². The van der Waals surface area contributed by atoms with Gasteiger partial charge in [0.2, 0.25) is 23.4 Å². The average Bonchev–Trinajstić information content (AvgIpc) is 3.48. The van der Waals surface area contributed by atoms with Crippen molar-refractivity contribution in [2.24, 2.45) is 0 Å². The van der Waals surface area contributed by atoms with Gasteiger partial charge in [0, 0.05) is 36.4 Å². The Morgan fingerprint density at radius 2 is 2.10 bits per heavy atom. The minimum absolute atomic E-state index is 0.0210. The summed E-state index contributed by atoms with van der Waals surface area (Å²) in [6.45, 7) is 3.24. The Morgan fingerprint density at radius 1 is 1.24 bits per heavy atom. The number of hydrogen-bond acceptors (Lipinski definition) is 7. The van der Waals surface area contributed by atoms with Gasteiger partial charge in [-0.05, 0) is 31.0 Å². The van der Waals surface area contributed by atoms with Crippen LogP contribution < -0.4 is 0 Å². The summed E-state index contributed by atoms with van der Waals surface area (Å²) in [5, 5.41) is 4.97. The lowest BCUT2D eigenvalue weighted by molar-refractivity contribution is -0.129. The number of benzene rings is 1. The third kappa shape index (κ3) is 3.37. The van der Waals surface area contributed by atoms with Crippen LogP contribution >= 0.6 is 0 Å². The Kier molecular flexibility index (Phi) is 4.31. The van der Waals surface area contributed by atoms with Crippen LogP contribution in [0.25, 0.3) is 22.6 Å². The van der Waals surface area contributed by atoms with E-state index in [0.29, 0.717) is 37.0 Å². The van der Waals surface area contributed by atoms with Crippen molar-refractivity contribution in [3.63, 3.8) is 0 Å². The summed E-state index contributed by atoms with van der Waals surface area (Å²) in [5.74, 6) is 1.41. The van der Waals surface area contributed by atoms with Crippen molar-refractivity contribution in [1.29, 1.82) is 0 Å². The van der Waals surface area contributed by atoms with Gasteiger partial charge in [-0.15, -0.1) is 0 Å². The molecule has 1 atom stereocenters. The van der Waals surface area contributed by atoms with E-state index in [0.717, 1.165) is 28.5 Å². The van der Waals surface area contributed by atoms with E-state index in [9.17, 15) is 4.79 Å². The monoisotopic (exact) mass is 389 g/mol. The fourth-order valence-corrected chi connectivity index (χ4v) is 3.70. The van der Waals surface area contributed by atoms with Gasteiger partial charge < -0.3 is 13.8 Å². The van der Waals surface area contributed by atoms with E-state index in [1.807, 2.05) is 30.0 Å². The molecule has 1 amide bonds. The maximum Gasteiger partial charge on any atom is 0.240 e. The highest BCUT2D eigenvalue weighted by Gasteiger charge is 2.31. The molecular formula is C21H19N5O3. The van der Waals surface area contributed by atoms with E-state index < -0.39 is 0 Å². The molecule has 0 bridgehead atoms. The summed E-state index contributed by atoms with van der Waals surface area (Å²) < 4.78 is 11.0. The van der Waals surface area contributed by atoms with Crippen molar-refractivity contribution in [3.05, 3.63) is 59.9 Å². The molecular weight excluding hydrogens is 370 g/mol. The molecule has 4 aromatic rings. The number of furan rings is 1. The van der Waals surface area contributed by atoms with Crippen LogP contribution in [0.15, 0.2) is 51.9 Å². The summed E-state index contributed by atoms with van der Waals surface area (Å²) in [4.78, 5) is 27.4. The SMILES string of the molecule is Cc1ccc2c(CC(=O)N3CCC(c4nc(-c5ncccn5)no4)C3)coc2c1. The second-order valence-electron chi connectivity index (χ2n) is 7.29. The topological polar surface area (TPSA) is 98.2 Å². The minimum atomic E-state index is 0.0210. The zero-order valence-corrected chi connectivity index (χ0v) is 15.9.